The average molecular weight is 341 g/mol. The van der Waals surface area contributed by atoms with Crippen LogP contribution in [0.15, 0.2) is 0 Å². The van der Waals surface area contributed by atoms with E-state index in [0.717, 1.165) is 0 Å². The van der Waals surface area contributed by atoms with Gasteiger partial charge in [-0.1, -0.05) is 0 Å². The minimum Gasteiger partial charge on any atom is -0.480 e. The molecule has 0 bridgehead atoms. The number of hydrogen-bond donors (Lipinski definition) is 1. The molecule has 0 aliphatic carbocycles. The van der Waals surface area contributed by atoms with Crippen molar-refractivity contribution in [2.45, 2.75) is 30.6 Å². The molecule has 0 spiro atoms. The first-order valence-electron chi connectivity index (χ1n) is 6.73. The van der Waals surface area contributed by atoms with E-state index >= 15 is 0 Å². The van der Waals surface area contributed by atoms with Gasteiger partial charge in [-0.15, -0.1) is 0 Å². The second kappa shape index (κ2) is 6.19. The Kier molecular flexibility index (Phi) is 4.91. The molecule has 2 aliphatic rings. The summed E-state index contributed by atoms with van der Waals surface area (Å²) in [6.07, 6.45) is 0.734. The highest BCUT2D eigenvalue weighted by Crippen LogP contribution is 2.25. The van der Waals surface area contributed by atoms with Crippen LogP contribution in [0.4, 0.5) is 0 Å². The van der Waals surface area contributed by atoms with Crippen LogP contribution in [0, 0.1) is 0 Å². The smallest absolute Gasteiger partial charge is 0.329 e. The van der Waals surface area contributed by atoms with Gasteiger partial charge in [-0.05, 0) is 19.3 Å². The van der Waals surface area contributed by atoms with E-state index in [0.29, 0.717) is 12.8 Å². The lowest BCUT2D eigenvalue weighted by atomic mass is 10.1. The van der Waals surface area contributed by atoms with Gasteiger partial charge < -0.3 is 9.84 Å². The van der Waals surface area contributed by atoms with Crippen molar-refractivity contribution < 1.29 is 31.5 Å². The molecule has 1 atom stereocenters. The van der Waals surface area contributed by atoms with Gasteiger partial charge in [0.15, 0.2) is 9.84 Å². The van der Waals surface area contributed by atoms with E-state index in [1.165, 1.54) is 4.31 Å². The number of piperidine rings is 1. The van der Waals surface area contributed by atoms with Gasteiger partial charge in [0, 0.05) is 13.1 Å². The van der Waals surface area contributed by atoms with Crippen molar-refractivity contribution in [1.29, 1.82) is 0 Å². The minimum atomic E-state index is -3.61. The molecule has 122 valence electrons. The van der Waals surface area contributed by atoms with Crippen LogP contribution in [0.5, 0.6) is 0 Å². The first kappa shape index (κ1) is 16.7. The van der Waals surface area contributed by atoms with E-state index in [1.807, 2.05) is 0 Å². The fourth-order valence-electron chi connectivity index (χ4n) is 2.65. The first-order chi connectivity index (χ1) is 9.71. The Bertz CT molecular complexity index is 590. The number of rotatable bonds is 5. The monoisotopic (exact) mass is 341 g/mol. The van der Waals surface area contributed by atoms with Crippen LogP contribution in [-0.4, -0.2) is 74.8 Å². The first-order valence-corrected chi connectivity index (χ1v) is 10.1. The van der Waals surface area contributed by atoms with Crippen LogP contribution in [0.1, 0.15) is 19.3 Å². The normalized spacial score (nSPS) is 27.7. The van der Waals surface area contributed by atoms with Gasteiger partial charge in [-0.2, -0.15) is 0 Å². The zero-order valence-corrected chi connectivity index (χ0v) is 13.1. The summed E-state index contributed by atoms with van der Waals surface area (Å²) in [6.45, 7) is 0.0879. The van der Waals surface area contributed by atoms with E-state index in [4.69, 9.17) is 9.84 Å². The molecule has 0 amide bonds. The quantitative estimate of drug-likeness (QED) is 0.686. The Balaban J connectivity index is 1.91. The maximum atomic E-state index is 12.4. The average Bonchev–Trinajstić information content (AvgIpc) is 2.78. The fraction of sp³-hybridized carbons (Fsp3) is 0.909. The standard InChI is InChI=1S/C11H19NO7S2/c13-11(14)7-19-9-1-4-12(5-2-9)21(17,18)10-3-6-20(15,16)8-10/h9-10H,1-8H2,(H,13,14). The van der Waals surface area contributed by atoms with Crippen molar-refractivity contribution in [2.75, 3.05) is 31.2 Å². The molecule has 2 fully saturated rings. The van der Waals surface area contributed by atoms with Crippen molar-refractivity contribution in [3.8, 4) is 0 Å². The van der Waals surface area contributed by atoms with Gasteiger partial charge in [0.05, 0.1) is 22.9 Å². The molecule has 1 N–H and O–H groups in total. The molecule has 8 nitrogen and oxygen atoms in total. The number of sulfonamides is 1. The largest absolute Gasteiger partial charge is 0.480 e. The third-order valence-corrected chi connectivity index (χ3v) is 8.12. The Hall–Kier alpha value is -0.710. The summed E-state index contributed by atoms with van der Waals surface area (Å²) in [6, 6.07) is 0. The number of ether oxygens (including phenoxy) is 1. The molecule has 2 saturated heterocycles. The number of carboxylic acids is 1. The Morgan fingerprint density at radius 1 is 1.24 bits per heavy atom. The number of sulfone groups is 1. The van der Waals surface area contributed by atoms with Crippen LogP contribution >= 0.6 is 0 Å². The van der Waals surface area contributed by atoms with Gasteiger partial charge in [-0.3, -0.25) is 0 Å². The lowest BCUT2D eigenvalue weighted by molar-refractivity contribution is -0.145. The molecular formula is C11H19NO7S2. The van der Waals surface area contributed by atoms with Gasteiger partial charge in [0.25, 0.3) is 0 Å². The topological polar surface area (TPSA) is 118 Å². The third-order valence-electron chi connectivity index (χ3n) is 3.82. The highest BCUT2D eigenvalue weighted by atomic mass is 32.2. The summed E-state index contributed by atoms with van der Waals surface area (Å²) in [5.74, 6) is -1.43. The number of nitrogens with zero attached hydrogens (tertiary/aromatic N) is 1. The lowest BCUT2D eigenvalue weighted by Crippen LogP contribution is -2.45. The molecule has 0 saturated carbocycles. The van der Waals surface area contributed by atoms with Crippen molar-refractivity contribution in [3.05, 3.63) is 0 Å². The highest BCUT2D eigenvalue weighted by molar-refractivity contribution is 7.95. The zero-order valence-electron chi connectivity index (χ0n) is 11.5. The van der Waals surface area contributed by atoms with Gasteiger partial charge in [0.2, 0.25) is 10.0 Å². The van der Waals surface area contributed by atoms with Crippen LogP contribution in [-0.2, 0) is 29.4 Å². The molecule has 0 aromatic heterocycles. The molecule has 1 unspecified atom stereocenters. The van der Waals surface area contributed by atoms with Gasteiger partial charge >= 0.3 is 5.97 Å². The number of carboxylic acid groups (broad SMARTS) is 1. The van der Waals surface area contributed by atoms with Crippen LogP contribution in [0.3, 0.4) is 0 Å². The summed E-state index contributed by atoms with van der Waals surface area (Å²) in [7, 11) is -6.85. The molecule has 21 heavy (non-hydrogen) atoms. The van der Waals surface area contributed by atoms with E-state index in [9.17, 15) is 21.6 Å². The van der Waals surface area contributed by atoms with Crippen LogP contribution < -0.4 is 0 Å². The molecule has 10 heteroatoms. The highest BCUT2D eigenvalue weighted by Gasteiger charge is 2.41. The Labute approximate surface area is 124 Å². The SMILES string of the molecule is O=C(O)COC1CCN(S(=O)(=O)C2CCS(=O)(=O)C2)CC1. The predicted octanol–water partition coefficient (Wildman–Crippen LogP) is -0.931. The summed E-state index contributed by atoms with van der Waals surface area (Å²) < 4.78 is 54.0. The van der Waals surface area contributed by atoms with E-state index in [1.54, 1.807) is 0 Å². The van der Waals surface area contributed by atoms with Crippen LogP contribution in [0.25, 0.3) is 0 Å². The molecular weight excluding hydrogens is 322 g/mol. The van der Waals surface area contributed by atoms with Crippen LogP contribution in [0.2, 0.25) is 0 Å². The molecule has 2 heterocycles. The summed E-state index contributed by atoms with van der Waals surface area (Å²) in [5, 5.41) is 7.68. The maximum Gasteiger partial charge on any atom is 0.329 e. The summed E-state index contributed by atoms with van der Waals surface area (Å²) in [5.41, 5.74) is 0. The third kappa shape index (κ3) is 4.15. The van der Waals surface area contributed by atoms with Crippen molar-refractivity contribution >= 4 is 25.8 Å². The minimum absolute atomic E-state index is 0.0743. The molecule has 0 aromatic rings. The molecule has 0 aromatic carbocycles. The predicted molar refractivity (Wildman–Crippen MR) is 74.2 cm³/mol. The number of hydrogen-bond acceptors (Lipinski definition) is 6. The van der Waals surface area contributed by atoms with Crippen molar-refractivity contribution in [1.82, 2.24) is 4.31 Å². The molecule has 2 aliphatic heterocycles. The van der Waals surface area contributed by atoms with E-state index in [2.05, 4.69) is 0 Å². The van der Waals surface area contributed by atoms with Crippen molar-refractivity contribution in [2.24, 2.45) is 0 Å². The second-order valence-corrected chi connectivity index (χ2v) is 9.81. The van der Waals surface area contributed by atoms with Gasteiger partial charge in [0.1, 0.15) is 6.61 Å². The maximum absolute atomic E-state index is 12.4. The number of aliphatic carboxylic acids is 1. The summed E-state index contributed by atoms with van der Waals surface area (Å²) >= 11 is 0. The second-order valence-electron chi connectivity index (χ2n) is 5.37. The Morgan fingerprint density at radius 2 is 1.86 bits per heavy atom. The van der Waals surface area contributed by atoms with Crippen molar-refractivity contribution in [3.63, 3.8) is 0 Å². The molecule has 0 radical (unpaired) electrons. The zero-order chi connectivity index (χ0) is 15.7. The Morgan fingerprint density at radius 3 is 2.33 bits per heavy atom. The van der Waals surface area contributed by atoms with E-state index in [-0.39, 0.29) is 37.1 Å². The summed E-state index contributed by atoms with van der Waals surface area (Å²) in [4.78, 5) is 10.4. The lowest BCUT2D eigenvalue weighted by Gasteiger charge is -2.32. The fourth-order valence-corrected chi connectivity index (χ4v) is 7.21. The number of carbonyl (C=O) groups is 1. The molecule has 2 rings (SSSR count). The van der Waals surface area contributed by atoms with Gasteiger partial charge in [-0.25, -0.2) is 25.9 Å². The van der Waals surface area contributed by atoms with E-state index < -0.39 is 37.7 Å².